The van der Waals surface area contributed by atoms with Gasteiger partial charge in [-0.1, -0.05) is 29.8 Å². The standard InChI is InChI=1S/C18H12ClN3O3/c19-13-5-7-14(8-6-13)22-18(24)15(17(23)21-22)11-12-3-1-2-4-16(12)25-10-9-20/h1-8,11H,10H2,(H,21,23)/b15-11-. The van der Waals surface area contributed by atoms with E-state index < -0.39 is 11.8 Å². The second-order valence-corrected chi connectivity index (χ2v) is 5.54. The molecule has 1 fully saturated rings. The molecule has 1 saturated heterocycles. The molecule has 124 valence electrons. The lowest BCUT2D eigenvalue weighted by molar-refractivity contribution is -0.117. The first-order chi connectivity index (χ1) is 12.1. The summed E-state index contributed by atoms with van der Waals surface area (Å²) >= 11 is 5.84. The molecule has 25 heavy (non-hydrogen) atoms. The van der Waals surface area contributed by atoms with Gasteiger partial charge >= 0.3 is 0 Å². The smallest absolute Gasteiger partial charge is 0.282 e. The number of nitrogens with zero attached hydrogens (tertiary/aromatic N) is 2. The lowest BCUT2D eigenvalue weighted by Crippen LogP contribution is -2.35. The average molecular weight is 354 g/mol. The fourth-order valence-corrected chi connectivity index (χ4v) is 2.45. The van der Waals surface area contributed by atoms with Gasteiger partial charge in [0.1, 0.15) is 17.4 Å². The highest BCUT2D eigenvalue weighted by atomic mass is 35.5. The van der Waals surface area contributed by atoms with Gasteiger partial charge in [-0.25, -0.2) is 5.01 Å². The summed E-state index contributed by atoms with van der Waals surface area (Å²) in [6, 6.07) is 15.3. The Morgan fingerprint density at radius 2 is 1.88 bits per heavy atom. The number of carbonyl (C=O) groups excluding carboxylic acids is 2. The summed E-state index contributed by atoms with van der Waals surface area (Å²) in [6.45, 7) is -0.128. The minimum Gasteiger partial charge on any atom is -0.478 e. The van der Waals surface area contributed by atoms with Gasteiger partial charge in [-0.05, 0) is 36.4 Å². The number of benzene rings is 2. The Morgan fingerprint density at radius 3 is 2.60 bits per heavy atom. The van der Waals surface area contributed by atoms with Gasteiger partial charge < -0.3 is 4.74 Å². The number of ether oxygens (including phenoxy) is 1. The van der Waals surface area contributed by atoms with Crippen molar-refractivity contribution in [1.82, 2.24) is 5.43 Å². The van der Waals surface area contributed by atoms with E-state index in [1.807, 2.05) is 6.07 Å². The SMILES string of the molecule is N#CCOc1ccccc1/C=C1/C(=O)NN(c2ccc(Cl)cc2)C1=O. The Labute approximate surface area is 148 Å². The summed E-state index contributed by atoms with van der Waals surface area (Å²) < 4.78 is 5.31. The van der Waals surface area contributed by atoms with E-state index in [1.165, 1.54) is 6.08 Å². The molecular formula is C18H12ClN3O3. The van der Waals surface area contributed by atoms with Gasteiger partial charge in [-0.2, -0.15) is 5.26 Å². The zero-order valence-electron chi connectivity index (χ0n) is 12.9. The summed E-state index contributed by atoms with van der Waals surface area (Å²) in [5, 5.41) is 10.3. The molecule has 1 heterocycles. The number of amides is 2. The number of carbonyl (C=O) groups is 2. The number of nitrogens with one attached hydrogen (secondary N) is 1. The maximum Gasteiger partial charge on any atom is 0.282 e. The van der Waals surface area contributed by atoms with Crippen LogP contribution in [0.3, 0.4) is 0 Å². The van der Waals surface area contributed by atoms with E-state index in [4.69, 9.17) is 21.6 Å². The van der Waals surface area contributed by atoms with E-state index in [0.717, 1.165) is 5.01 Å². The highest BCUT2D eigenvalue weighted by molar-refractivity contribution is 6.32. The molecule has 7 heteroatoms. The number of hydrogen-bond acceptors (Lipinski definition) is 4. The lowest BCUT2D eigenvalue weighted by atomic mass is 10.1. The number of hydrogen-bond donors (Lipinski definition) is 1. The van der Waals surface area contributed by atoms with Crippen molar-refractivity contribution in [3.63, 3.8) is 0 Å². The highest BCUT2D eigenvalue weighted by Gasteiger charge is 2.34. The first-order valence-electron chi connectivity index (χ1n) is 7.31. The Balaban J connectivity index is 1.92. The molecule has 0 spiro atoms. The van der Waals surface area contributed by atoms with E-state index in [2.05, 4.69) is 5.43 Å². The van der Waals surface area contributed by atoms with Crippen molar-refractivity contribution in [2.75, 3.05) is 11.6 Å². The van der Waals surface area contributed by atoms with Crippen molar-refractivity contribution in [3.05, 3.63) is 64.7 Å². The molecular weight excluding hydrogens is 342 g/mol. The summed E-state index contributed by atoms with van der Waals surface area (Å²) in [7, 11) is 0. The molecule has 1 aliphatic heterocycles. The van der Waals surface area contributed by atoms with Gasteiger partial charge in [-0.3, -0.25) is 15.0 Å². The van der Waals surface area contributed by atoms with Crippen molar-refractivity contribution in [2.45, 2.75) is 0 Å². The third-order valence-corrected chi connectivity index (χ3v) is 3.74. The molecule has 2 aromatic carbocycles. The van der Waals surface area contributed by atoms with E-state index in [0.29, 0.717) is 22.0 Å². The summed E-state index contributed by atoms with van der Waals surface area (Å²) in [5.74, 6) is -0.584. The number of hydrazine groups is 1. The lowest BCUT2D eigenvalue weighted by Gasteiger charge is -2.14. The van der Waals surface area contributed by atoms with Crippen LogP contribution in [0.5, 0.6) is 5.75 Å². The van der Waals surface area contributed by atoms with Crippen molar-refractivity contribution >= 4 is 35.2 Å². The maximum atomic E-state index is 12.6. The number of para-hydroxylation sites is 1. The minimum atomic E-state index is -0.518. The van der Waals surface area contributed by atoms with E-state index in [-0.39, 0.29) is 12.2 Å². The van der Waals surface area contributed by atoms with Crippen LogP contribution in [0.1, 0.15) is 5.56 Å². The van der Waals surface area contributed by atoms with Gasteiger partial charge in [-0.15, -0.1) is 0 Å². The highest BCUT2D eigenvalue weighted by Crippen LogP contribution is 2.26. The van der Waals surface area contributed by atoms with Crippen molar-refractivity contribution in [2.24, 2.45) is 0 Å². The topological polar surface area (TPSA) is 82.4 Å². The van der Waals surface area contributed by atoms with Crippen LogP contribution in [-0.2, 0) is 9.59 Å². The summed E-state index contributed by atoms with van der Waals surface area (Å²) in [5.41, 5.74) is 3.52. The van der Waals surface area contributed by atoms with E-state index >= 15 is 0 Å². The van der Waals surface area contributed by atoms with E-state index in [9.17, 15) is 9.59 Å². The normalized spacial score (nSPS) is 15.2. The van der Waals surface area contributed by atoms with Crippen LogP contribution in [0.25, 0.3) is 6.08 Å². The third-order valence-electron chi connectivity index (χ3n) is 3.49. The second-order valence-electron chi connectivity index (χ2n) is 5.10. The first-order valence-corrected chi connectivity index (χ1v) is 7.69. The molecule has 2 aromatic rings. The maximum absolute atomic E-state index is 12.6. The summed E-state index contributed by atoms with van der Waals surface area (Å²) in [6.07, 6.45) is 1.44. The molecule has 0 radical (unpaired) electrons. The fraction of sp³-hybridized carbons (Fsp3) is 0.0556. The Hall–Kier alpha value is -3.30. The molecule has 0 atom stereocenters. The Morgan fingerprint density at radius 1 is 1.16 bits per heavy atom. The van der Waals surface area contributed by atoms with Gasteiger partial charge in [0.2, 0.25) is 0 Å². The van der Waals surface area contributed by atoms with Gasteiger partial charge in [0.05, 0.1) is 5.69 Å². The third kappa shape index (κ3) is 3.47. The predicted molar refractivity (Wildman–Crippen MR) is 92.6 cm³/mol. The number of anilines is 1. The second kappa shape index (κ2) is 7.07. The molecule has 0 bridgehead atoms. The van der Waals surface area contributed by atoms with Crippen molar-refractivity contribution in [1.29, 1.82) is 5.26 Å². The zero-order valence-corrected chi connectivity index (χ0v) is 13.7. The number of rotatable bonds is 4. The molecule has 0 aliphatic carbocycles. The largest absolute Gasteiger partial charge is 0.478 e. The Bertz CT molecular complexity index is 901. The fourth-order valence-electron chi connectivity index (χ4n) is 2.33. The van der Waals surface area contributed by atoms with Gasteiger partial charge in [0, 0.05) is 10.6 Å². The number of nitriles is 1. The molecule has 6 nitrogen and oxygen atoms in total. The molecule has 1 N–H and O–H groups in total. The molecule has 3 rings (SSSR count). The monoisotopic (exact) mass is 353 g/mol. The van der Waals surface area contributed by atoms with Crippen LogP contribution in [0.4, 0.5) is 5.69 Å². The molecule has 0 aromatic heterocycles. The van der Waals surface area contributed by atoms with Crippen LogP contribution >= 0.6 is 11.6 Å². The molecule has 0 saturated carbocycles. The quantitative estimate of drug-likeness (QED) is 0.676. The summed E-state index contributed by atoms with van der Waals surface area (Å²) in [4.78, 5) is 24.8. The number of halogens is 1. The van der Waals surface area contributed by atoms with E-state index in [1.54, 1.807) is 48.5 Å². The van der Waals surface area contributed by atoms with Crippen LogP contribution in [0.2, 0.25) is 5.02 Å². The van der Waals surface area contributed by atoms with Crippen LogP contribution in [-0.4, -0.2) is 18.4 Å². The predicted octanol–water partition coefficient (Wildman–Crippen LogP) is 2.70. The van der Waals surface area contributed by atoms with Crippen LogP contribution in [0.15, 0.2) is 54.1 Å². The minimum absolute atomic E-state index is 0.0250. The zero-order chi connectivity index (χ0) is 17.8. The van der Waals surface area contributed by atoms with Gasteiger partial charge in [0.15, 0.2) is 6.61 Å². The Kier molecular flexibility index (Phi) is 4.68. The van der Waals surface area contributed by atoms with Crippen LogP contribution < -0.4 is 15.2 Å². The van der Waals surface area contributed by atoms with Crippen molar-refractivity contribution < 1.29 is 14.3 Å². The molecule has 0 unspecified atom stereocenters. The molecule has 1 aliphatic rings. The van der Waals surface area contributed by atoms with Gasteiger partial charge in [0.25, 0.3) is 11.8 Å². The van der Waals surface area contributed by atoms with Crippen LogP contribution in [0, 0.1) is 11.3 Å². The first kappa shape index (κ1) is 16.6. The van der Waals surface area contributed by atoms with Crippen molar-refractivity contribution in [3.8, 4) is 11.8 Å². The molecule has 2 amide bonds. The average Bonchev–Trinajstić information content (AvgIpc) is 2.90.